The Kier molecular flexibility index (Phi) is 4.86. The molecule has 0 unspecified atom stereocenters. The highest BCUT2D eigenvalue weighted by Gasteiger charge is 2.08. The number of aryl methyl sites for hydroxylation is 1. The molecule has 2 N–H and O–H groups in total. The maximum Gasteiger partial charge on any atom is 0.225 e. The molecule has 3 rings (SSSR count). The quantitative estimate of drug-likeness (QED) is 0.690. The topological polar surface area (TPSA) is 72.2 Å². The molecule has 0 atom stereocenters. The lowest BCUT2D eigenvalue weighted by atomic mass is 10.3. The summed E-state index contributed by atoms with van der Waals surface area (Å²) in [4.78, 5) is 8.83. The second kappa shape index (κ2) is 7.23. The predicted molar refractivity (Wildman–Crippen MR) is 94.1 cm³/mol. The van der Waals surface area contributed by atoms with Crippen molar-refractivity contribution in [2.75, 3.05) is 17.7 Å². The molecule has 0 saturated heterocycles. The lowest BCUT2D eigenvalue weighted by Gasteiger charge is -2.12. The average molecular weight is 345 g/mol. The van der Waals surface area contributed by atoms with Crippen molar-refractivity contribution in [3.8, 4) is 5.75 Å². The van der Waals surface area contributed by atoms with E-state index in [9.17, 15) is 0 Å². The molecule has 2 aromatic heterocycles. The number of hydrogen-bond acceptors (Lipinski definition) is 6. The maximum absolute atomic E-state index is 6.06. The van der Waals surface area contributed by atoms with Gasteiger partial charge in [0.25, 0.3) is 0 Å². The van der Waals surface area contributed by atoms with Crippen LogP contribution in [0, 0.1) is 6.92 Å². The van der Waals surface area contributed by atoms with E-state index in [1.165, 1.54) is 0 Å². The Hall–Kier alpha value is -2.73. The normalized spacial score (nSPS) is 10.5. The summed E-state index contributed by atoms with van der Waals surface area (Å²) in [6.07, 6.45) is 1.63. The number of halogens is 1. The third kappa shape index (κ3) is 3.97. The third-order valence-electron chi connectivity index (χ3n) is 3.28. The lowest BCUT2D eigenvalue weighted by molar-refractivity contribution is 0.417. The molecule has 6 nitrogen and oxygen atoms in total. The molecule has 124 valence electrons. The second-order valence-corrected chi connectivity index (χ2v) is 5.56. The first-order valence-electron chi connectivity index (χ1n) is 7.36. The highest BCUT2D eigenvalue weighted by Crippen LogP contribution is 2.30. The highest BCUT2D eigenvalue weighted by molar-refractivity contribution is 6.31. The predicted octanol–water partition coefficient (Wildman–Crippen LogP) is 4.40. The number of ether oxygens (including phenoxy) is 1. The minimum Gasteiger partial charge on any atom is -0.495 e. The number of aromatic nitrogens is 2. The lowest BCUT2D eigenvalue weighted by Crippen LogP contribution is -2.06. The van der Waals surface area contributed by atoms with Gasteiger partial charge in [-0.05, 0) is 37.3 Å². The molecule has 0 spiro atoms. The number of benzene rings is 1. The summed E-state index contributed by atoms with van der Waals surface area (Å²) >= 11 is 6.06. The number of rotatable bonds is 6. The molecule has 0 aliphatic rings. The molecule has 1 aromatic carbocycles. The molecular weight excluding hydrogens is 328 g/mol. The van der Waals surface area contributed by atoms with Crippen molar-refractivity contribution in [2.24, 2.45) is 0 Å². The number of nitrogens with zero attached hydrogens (tertiary/aromatic N) is 2. The number of hydrogen-bond donors (Lipinski definition) is 2. The van der Waals surface area contributed by atoms with Gasteiger partial charge in [-0.1, -0.05) is 11.6 Å². The first-order valence-corrected chi connectivity index (χ1v) is 7.74. The van der Waals surface area contributed by atoms with Crippen LogP contribution in [-0.2, 0) is 6.54 Å². The summed E-state index contributed by atoms with van der Waals surface area (Å²) in [5.41, 5.74) is 1.57. The van der Waals surface area contributed by atoms with E-state index in [2.05, 4.69) is 20.6 Å². The van der Waals surface area contributed by atoms with Crippen LogP contribution in [-0.4, -0.2) is 17.1 Å². The van der Waals surface area contributed by atoms with Crippen LogP contribution in [0.4, 0.5) is 17.5 Å². The van der Waals surface area contributed by atoms with E-state index < -0.39 is 0 Å². The van der Waals surface area contributed by atoms with Gasteiger partial charge in [0.05, 0.1) is 25.6 Å². The summed E-state index contributed by atoms with van der Waals surface area (Å²) in [6.45, 7) is 2.41. The Labute approximate surface area is 144 Å². The molecule has 7 heteroatoms. The number of nitrogens with one attached hydrogen (secondary N) is 2. The van der Waals surface area contributed by atoms with Gasteiger partial charge in [0.2, 0.25) is 5.95 Å². The van der Waals surface area contributed by atoms with Gasteiger partial charge < -0.3 is 19.8 Å². The van der Waals surface area contributed by atoms with Gasteiger partial charge in [-0.3, -0.25) is 0 Å². The molecule has 3 aromatic rings. The summed E-state index contributed by atoms with van der Waals surface area (Å²) in [5.74, 6) is 2.65. The first-order chi connectivity index (χ1) is 11.6. The summed E-state index contributed by atoms with van der Waals surface area (Å²) < 4.78 is 10.6. The molecule has 0 saturated carbocycles. The van der Waals surface area contributed by atoms with Gasteiger partial charge in [-0.15, -0.1) is 0 Å². The molecule has 0 fully saturated rings. The van der Waals surface area contributed by atoms with E-state index in [4.69, 9.17) is 20.8 Å². The fourth-order valence-corrected chi connectivity index (χ4v) is 2.38. The molecule has 2 heterocycles. The monoisotopic (exact) mass is 344 g/mol. The van der Waals surface area contributed by atoms with Crippen molar-refractivity contribution < 1.29 is 9.15 Å². The standard InChI is InChI=1S/C17H17ClN4O2/c1-11-8-16(21-14-9-12(18)5-6-15(14)23-2)22-17(20-11)19-10-13-4-3-7-24-13/h3-9H,10H2,1-2H3,(H2,19,20,21,22). The van der Waals surface area contributed by atoms with E-state index in [1.807, 2.05) is 25.1 Å². The second-order valence-electron chi connectivity index (χ2n) is 5.12. The summed E-state index contributed by atoms with van der Waals surface area (Å²) in [7, 11) is 1.61. The minimum atomic E-state index is 0.509. The zero-order chi connectivity index (χ0) is 16.9. The van der Waals surface area contributed by atoms with Crippen molar-refractivity contribution >= 4 is 29.1 Å². The van der Waals surface area contributed by atoms with Gasteiger partial charge in [0.15, 0.2) is 0 Å². The van der Waals surface area contributed by atoms with Crippen LogP contribution in [0.1, 0.15) is 11.5 Å². The van der Waals surface area contributed by atoms with Crippen LogP contribution in [0.3, 0.4) is 0 Å². The Balaban J connectivity index is 1.79. The first kappa shape index (κ1) is 16.1. The van der Waals surface area contributed by atoms with Crippen molar-refractivity contribution in [3.05, 3.63) is 59.1 Å². The molecule has 0 aliphatic carbocycles. The zero-order valence-electron chi connectivity index (χ0n) is 13.3. The van der Waals surface area contributed by atoms with E-state index in [0.29, 0.717) is 29.1 Å². The summed E-state index contributed by atoms with van der Waals surface area (Å²) in [5, 5.41) is 6.97. The molecule has 24 heavy (non-hydrogen) atoms. The van der Waals surface area contributed by atoms with E-state index >= 15 is 0 Å². The largest absolute Gasteiger partial charge is 0.495 e. The van der Waals surface area contributed by atoms with Crippen LogP contribution < -0.4 is 15.4 Å². The van der Waals surface area contributed by atoms with E-state index in [-0.39, 0.29) is 0 Å². The average Bonchev–Trinajstić information content (AvgIpc) is 3.06. The number of furan rings is 1. The van der Waals surface area contributed by atoms with Gasteiger partial charge in [-0.2, -0.15) is 4.98 Å². The van der Waals surface area contributed by atoms with Gasteiger partial charge in [-0.25, -0.2) is 4.98 Å². The molecule has 0 aliphatic heterocycles. The smallest absolute Gasteiger partial charge is 0.225 e. The van der Waals surface area contributed by atoms with E-state index in [0.717, 1.165) is 17.1 Å². The van der Waals surface area contributed by atoms with Crippen LogP contribution in [0.15, 0.2) is 47.1 Å². The van der Waals surface area contributed by atoms with Crippen LogP contribution >= 0.6 is 11.6 Å². The van der Waals surface area contributed by atoms with Crippen LogP contribution in [0.2, 0.25) is 5.02 Å². The van der Waals surface area contributed by atoms with Crippen molar-refractivity contribution in [1.82, 2.24) is 9.97 Å². The highest BCUT2D eigenvalue weighted by atomic mass is 35.5. The van der Waals surface area contributed by atoms with Crippen molar-refractivity contribution in [1.29, 1.82) is 0 Å². The van der Waals surface area contributed by atoms with Gasteiger partial charge >= 0.3 is 0 Å². The van der Waals surface area contributed by atoms with Gasteiger partial charge in [0.1, 0.15) is 17.3 Å². The zero-order valence-corrected chi connectivity index (χ0v) is 14.1. The third-order valence-corrected chi connectivity index (χ3v) is 3.51. The minimum absolute atomic E-state index is 0.509. The molecule has 0 radical (unpaired) electrons. The molecular formula is C17H17ClN4O2. The maximum atomic E-state index is 6.06. The van der Waals surface area contributed by atoms with Crippen LogP contribution in [0.25, 0.3) is 0 Å². The number of anilines is 3. The Morgan fingerprint density at radius 3 is 2.83 bits per heavy atom. The van der Waals surface area contributed by atoms with E-state index in [1.54, 1.807) is 31.6 Å². The van der Waals surface area contributed by atoms with Crippen LogP contribution in [0.5, 0.6) is 5.75 Å². The SMILES string of the molecule is COc1ccc(Cl)cc1Nc1cc(C)nc(NCc2ccco2)n1. The fraction of sp³-hybridized carbons (Fsp3) is 0.176. The fourth-order valence-electron chi connectivity index (χ4n) is 2.21. The molecule has 0 amide bonds. The summed E-state index contributed by atoms with van der Waals surface area (Å²) in [6, 6.07) is 10.9. The number of methoxy groups -OCH3 is 1. The van der Waals surface area contributed by atoms with Gasteiger partial charge in [0, 0.05) is 16.8 Å². The van der Waals surface area contributed by atoms with Crippen molar-refractivity contribution in [3.63, 3.8) is 0 Å². The Bertz CT molecular complexity index is 821. The van der Waals surface area contributed by atoms with Crippen molar-refractivity contribution in [2.45, 2.75) is 13.5 Å². The molecule has 0 bridgehead atoms. The Morgan fingerprint density at radius 2 is 2.08 bits per heavy atom. The Morgan fingerprint density at radius 1 is 1.21 bits per heavy atom.